The van der Waals surface area contributed by atoms with Crippen LogP contribution in [-0.4, -0.2) is 16.8 Å². The minimum atomic E-state index is 0. The van der Waals surface area contributed by atoms with Gasteiger partial charge in [-0.05, 0) is 18.1 Å². The van der Waals surface area contributed by atoms with Crippen LogP contribution >= 0.6 is 24.0 Å². The number of nitrogens with one attached hydrogen (secondary N) is 1. The highest BCUT2D eigenvalue weighted by Crippen LogP contribution is 1.96. The van der Waals surface area contributed by atoms with Crippen molar-refractivity contribution >= 4 is 29.9 Å². The molecule has 0 atom stereocenters. The smallest absolute Gasteiger partial charge is 0.220 e. The first kappa shape index (κ1) is 14.2. The molecular formula is C10H14Cl2N2O. The Labute approximate surface area is 101 Å². The van der Waals surface area contributed by atoms with Crippen molar-refractivity contribution in [3.63, 3.8) is 0 Å². The maximum Gasteiger partial charge on any atom is 0.220 e. The summed E-state index contributed by atoms with van der Waals surface area (Å²) in [7, 11) is 0. The van der Waals surface area contributed by atoms with Crippen molar-refractivity contribution in [2.75, 3.05) is 5.88 Å². The number of nitrogens with zero attached hydrogens (tertiary/aromatic N) is 1. The summed E-state index contributed by atoms with van der Waals surface area (Å²) >= 11 is 5.47. The third kappa shape index (κ3) is 6.31. The Balaban J connectivity index is 0.00000196. The van der Waals surface area contributed by atoms with E-state index in [4.69, 9.17) is 11.6 Å². The molecule has 84 valence electrons. The van der Waals surface area contributed by atoms with Gasteiger partial charge in [-0.3, -0.25) is 9.78 Å². The van der Waals surface area contributed by atoms with E-state index in [0.29, 0.717) is 18.8 Å². The van der Waals surface area contributed by atoms with Gasteiger partial charge in [0, 0.05) is 31.2 Å². The molecule has 0 bridgehead atoms. The molecule has 1 N–H and O–H groups in total. The van der Waals surface area contributed by atoms with Crippen molar-refractivity contribution in [1.29, 1.82) is 0 Å². The number of rotatable bonds is 5. The summed E-state index contributed by atoms with van der Waals surface area (Å²) < 4.78 is 0. The van der Waals surface area contributed by atoms with E-state index in [1.54, 1.807) is 12.4 Å². The summed E-state index contributed by atoms with van der Waals surface area (Å²) in [4.78, 5) is 15.1. The summed E-state index contributed by atoms with van der Waals surface area (Å²) in [6.07, 6.45) is 4.66. The predicted molar refractivity (Wildman–Crippen MR) is 63.3 cm³/mol. The van der Waals surface area contributed by atoms with Crippen molar-refractivity contribution in [1.82, 2.24) is 10.3 Å². The Morgan fingerprint density at radius 3 is 2.93 bits per heavy atom. The molecule has 0 saturated heterocycles. The zero-order chi connectivity index (χ0) is 10.2. The number of carbonyl (C=O) groups excluding carboxylic acids is 1. The van der Waals surface area contributed by atoms with Crippen molar-refractivity contribution < 1.29 is 4.79 Å². The van der Waals surface area contributed by atoms with E-state index in [0.717, 1.165) is 12.0 Å². The third-order valence-electron chi connectivity index (χ3n) is 1.75. The zero-order valence-corrected chi connectivity index (χ0v) is 9.85. The first-order chi connectivity index (χ1) is 6.83. The van der Waals surface area contributed by atoms with Gasteiger partial charge in [0.2, 0.25) is 5.91 Å². The average Bonchev–Trinajstić information content (AvgIpc) is 2.25. The van der Waals surface area contributed by atoms with Crippen LogP contribution < -0.4 is 5.32 Å². The van der Waals surface area contributed by atoms with E-state index in [-0.39, 0.29) is 18.3 Å². The third-order valence-corrected chi connectivity index (χ3v) is 2.02. The lowest BCUT2D eigenvalue weighted by atomic mass is 10.2. The Morgan fingerprint density at radius 1 is 1.53 bits per heavy atom. The molecule has 1 aromatic heterocycles. The van der Waals surface area contributed by atoms with Gasteiger partial charge in [0.1, 0.15) is 0 Å². The van der Waals surface area contributed by atoms with Crippen LogP contribution in [-0.2, 0) is 11.3 Å². The summed E-state index contributed by atoms with van der Waals surface area (Å²) in [5.41, 5.74) is 1.01. The molecule has 0 fully saturated rings. The van der Waals surface area contributed by atoms with Gasteiger partial charge in [-0.1, -0.05) is 6.07 Å². The van der Waals surface area contributed by atoms with Crippen LogP contribution in [0.25, 0.3) is 0 Å². The molecule has 5 heteroatoms. The van der Waals surface area contributed by atoms with Crippen LogP contribution in [0.4, 0.5) is 0 Å². The summed E-state index contributed by atoms with van der Waals surface area (Å²) in [6.45, 7) is 0.537. The van der Waals surface area contributed by atoms with Gasteiger partial charge >= 0.3 is 0 Å². The van der Waals surface area contributed by atoms with E-state index >= 15 is 0 Å². The van der Waals surface area contributed by atoms with Crippen LogP contribution in [0.5, 0.6) is 0 Å². The molecule has 0 aliphatic heterocycles. The highest BCUT2D eigenvalue weighted by molar-refractivity contribution is 6.17. The van der Waals surface area contributed by atoms with Gasteiger partial charge in [-0.2, -0.15) is 0 Å². The van der Waals surface area contributed by atoms with Gasteiger partial charge in [0.05, 0.1) is 0 Å². The maximum atomic E-state index is 11.2. The Hall–Kier alpha value is -0.800. The largest absolute Gasteiger partial charge is 0.352 e. The quantitative estimate of drug-likeness (QED) is 0.812. The second-order valence-electron chi connectivity index (χ2n) is 2.93. The molecule has 1 amide bonds. The lowest BCUT2D eigenvalue weighted by Gasteiger charge is -2.03. The number of halogens is 2. The second kappa shape index (κ2) is 8.50. The fourth-order valence-electron chi connectivity index (χ4n) is 1.02. The van der Waals surface area contributed by atoms with Crippen LogP contribution in [0.2, 0.25) is 0 Å². The topological polar surface area (TPSA) is 42.0 Å². The van der Waals surface area contributed by atoms with Crippen molar-refractivity contribution in [3.05, 3.63) is 30.1 Å². The van der Waals surface area contributed by atoms with E-state index in [9.17, 15) is 4.79 Å². The van der Waals surface area contributed by atoms with E-state index in [1.165, 1.54) is 0 Å². The molecule has 0 saturated carbocycles. The van der Waals surface area contributed by atoms with Gasteiger partial charge in [0.15, 0.2) is 0 Å². The summed E-state index contributed by atoms with van der Waals surface area (Å²) in [5.74, 6) is 0.565. The minimum absolute atomic E-state index is 0. The molecule has 1 heterocycles. The van der Waals surface area contributed by atoms with Crippen LogP contribution in [0.1, 0.15) is 18.4 Å². The summed E-state index contributed by atoms with van der Waals surface area (Å²) in [5, 5.41) is 2.80. The molecule has 15 heavy (non-hydrogen) atoms. The number of alkyl halides is 1. The van der Waals surface area contributed by atoms with Gasteiger partial charge in [-0.15, -0.1) is 24.0 Å². The molecule has 0 radical (unpaired) electrons. The highest BCUT2D eigenvalue weighted by Gasteiger charge is 1.99. The van der Waals surface area contributed by atoms with E-state index in [1.807, 2.05) is 12.1 Å². The lowest BCUT2D eigenvalue weighted by Crippen LogP contribution is -2.22. The van der Waals surface area contributed by atoms with Gasteiger partial charge in [0.25, 0.3) is 0 Å². The first-order valence-electron chi connectivity index (χ1n) is 4.54. The van der Waals surface area contributed by atoms with Crippen molar-refractivity contribution in [3.8, 4) is 0 Å². The van der Waals surface area contributed by atoms with Crippen LogP contribution in [0, 0.1) is 0 Å². The van der Waals surface area contributed by atoms with Gasteiger partial charge in [-0.25, -0.2) is 0 Å². The number of hydrogen-bond donors (Lipinski definition) is 1. The standard InChI is InChI=1S/C10H13ClN2O.ClH/c11-5-1-4-10(14)13-8-9-3-2-6-12-7-9;/h2-3,6-7H,1,4-5,8H2,(H,13,14);1H. The minimum Gasteiger partial charge on any atom is -0.352 e. The molecule has 0 aromatic carbocycles. The number of carbonyl (C=O) groups is 1. The average molecular weight is 249 g/mol. The fraction of sp³-hybridized carbons (Fsp3) is 0.400. The molecule has 0 spiro atoms. The number of aromatic nitrogens is 1. The number of pyridine rings is 1. The van der Waals surface area contributed by atoms with Gasteiger partial charge < -0.3 is 5.32 Å². The van der Waals surface area contributed by atoms with Crippen molar-refractivity contribution in [2.45, 2.75) is 19.4 Å². The van der Waals surface area contributed by atoms with Crippen LogP contribution in [0.15, 0.2) is 24.5 Å². The fourth-order valence-corrected chi connectivity index (χ4v) is 1.15. The number of amides is 1. The second-order valence-corrected chi connectivity index (χ2v) is 3.31. The lowest BCUT2D eigenvalue weighted by molar-refractivity contribution is -0.121. The molecule has 3 nitrogen and oxygen atoms in total. The Kier molecular flexibility index (Phi) is 8.05. The SMILES string of the molecule is Cl.O=C(CCCCl)NCc1cccnc1. The van der Waals surface area contributed by atoms with Crippen LogP contribution in [0.3, 0.4) is 0 Å². The molecule has 0 aliphatic carbocycles. The van der Waals surface area contributed by atoms with E-state index < -0.39 is 0 Å². The zero-order valence-electron chi connectivity index (χ0n) is 8.28. The Bertz CT molecular complexity index is 280. The molecule has 1 rings (SSSR count). The normalized spacial score (nSPS) is 9.13. The summed E-state index contributed by atoms with van der Waals surface area (Å²) in [6, 6.07) is 3.77. The molecular weight excluding hydrogens is 235 g/mol. The molecule has 0 unspecified atom stereocenters. The monoisotopic (exact) mass is 248 g/mol. The Morgan fingerprint density at radius 2 is 2.33 bits per heavy atom. The highest BCUT2D eigenvalue weighted by atomic mass is 35.5. The van der Waals surface area contributed by atoms with Crippen molar-refractivity contribution in [2.24, 2.45) is 0 Å². The molecule has 0 aliphatic rings. The maximum absolute atomic E-state index is 11.2. The van der Waals surface area contributed by atoms with E-state index in [2.05, 4.69) is 10.3 Å². The first-order valence-corrected chi connectivity index (χ1v) is 5.08. The number of hydrogen-bond acceptors (Lipinski definition) is 2. The predicted octanol–water partition coefficient (Wildman–Crippen LogP) is 2.14. The molecule has 1 aromatic rings.